The monoisotopic (exact) mass is 172 g/mol. The minimum absolute atomic E-state index is 0.141. The zero-order valence-electron chi connectivity index (χ0n) is 6.00. The molecule has 64 valence electrons. The SMILES string of the molecule is N/C(=N\OF)c1ccc(F)cc1. The van der Waals surface area contributed by atoms with Gasteiger partial charge in [-0.25, -0.2) is 4.39 Å². The molecule has 2 N–H and O–H groups in total. The molecule has 0 amide bonds. The van der Waals surface area contributed by atoms with E-state index in [2.05, 4.69) is 10.2 Å². The van der Waals surface area contributed by atoms with Crippen molar-refractivity contribution in [1.82, 2.24) is 0 Å². The lowest BCUT2D eigenvalue weighted by molar-refractivity contribution is -0.131. The van der Waals surface area contributed by atoms with Crippen molar-refractivity contribution in [2.24, 2.45) is 10.9 Å². The normalized spacial score (nSPS) is 11.3. The standard InChI is InChI=1S/C7H6F2N2O/c8-6-3-1-5(2-4-6)7(10)11-12-9/h1-4H,(H2,10,11). The van der Waals surface area contributed by atoms with Crippen molar-refractivity contribution in [3.63, 3.8) is 0 Å². The van der Waals surface area contributed by atoms with Crippen LogP contribution in [0.25, 0.3) is 0 Å². The molecule has 0 heterocycles. The summed E-state index contributed by atoms with van der Waals surface area (Å²) < 4.78 is 23.5. The van der Waals surface area contributed by atoms with E-state index in [0.717, 1.165) is 0 Å². The van der Waals surface area contributed by atoms with Crippen LogP contribution >= 0.6 is 0 Å². The van der Waals surface area contributed by atoms with Gasteiger partial charge >= 0.3 is 0 Å². The number of nitrogens with two attached hydrogens (primary N) is 1. The quantitative estimate of drug-likeness (QED) is 0.415. The highest BCUT2D eigenvalue weighted by Crippen LogP contribution is 2.02. The number of hydrogen-bond acceptors (Lipinski definition) is 2. The Morgan fingerprint density at radius 2 is 1.92 bits per heavy atom. The number of nitrogens with zero attached hydrogens (tertiary/aromatic N) is 1. The summed E-state index contributed by atoms with van der Waals surface area (Å²) >= 11 is 0. The molecule has 0 spiro atoms. The molecule has 1 aromatic rings. The van der Waals surface area contributed by atoms with Gasteiger partial charge in [-0.2, -0.15) is 5.04 Å². The van der Waals surface area contributed by atoms with Crippen LogP contribution in [0.15, 0.2) is 29.4 Å². The molecule has 0 saturated carbocycles. The van der Waals surface area contributed by atoms with Crippen molar-refractivity contribution >= 4 is 5.84 Å². The Morgan fingerprint density at radius 1 is 1.33 bits per heavy atom. The maximum absolute atomic E-state index is 12.3. The first-order valence-corrected chi connectivity index (χ1v) is 3.11. The topological polar surface area (TPSA) is 47.6 Å². The van der Waals surface area contributed by atoms with Gasteiger partial charge in [0.15, 0.2) is 5.84 Å². The Morgan fingerprint density at radius 3 is 2.42 bits per heavy atom. The fourth-order valence-electron chi connectivity index (χ4n) is 0.711. The highest BCUT2D eigenvalue weighted by Gasteiger charge is 1.98. The smallest absolute Gasteiger partial charge is 0.174 e. The molecule has 1 rings (SSSR count). The third kappa shape index (κ3) is 1.91. The minimum atomic E-state index is -0.396. The van der Waals surface area contributed by atoms with Gasteiger partial charge in [0.25, 0.3) is 0 Å². The average Bonchev–Trinajstić information content (AvgIpc) is 2.06. The second-order valence-electron chi connectivity index (χ2n) is 2.05. The predicted molar refractivity (Wildman–Crippen MR) is 39.3 cm³/mol. The fraction of sp³-hybridized carbons (Fsp3) is 0. The molecule has 0 aliphatic carbocycles. The molecule has 0 aromatic heterocycles. The third-order valence-corrected chi connectivity index (χ3v) is 1.27. The highest BCUT2D eigenvalue weighted by molar-refractivity contribution is 5.96. The van der Waals surface area contributed by atoms with Crippen molar-refractivity contribution in [1.29, 1.82) is 0 Å². The largest absolute Gasteiger partial charge is 0.380 e. The molecule has 1 aromatic carbocycles. The zero-order valence-corrected chi connectivity index (χ0v) is 6.00. The van der Waals surface area contributed by atoms with E-state index in [4.69, 9.17) is 5.73 Å². The van der Waals surface area contributed by atoms with E-state index in [1.807, 2.05) is 0 Å². The Kier molecular flexibility index (Phi) is 2.57. The van der Waals surface area contributed by atoms with Crippen LogP contribution in [-0.2, 0) is 5.04 Å². The van der Waals surface area contributed by atoms with Gasteiger partial charge < -0.3 is 5.73 Å². The average molecular weight is 172 g/mol. The molecule has 0 fully saturated rings. The summed E-state index contributed by atoms with van der Waals surface area (Å²) in [5.74, 6) is -0.537. The molecule has 0 radical (unpaired) electrons. The van der Waals surface area contributed by atoms with E-state index >= 15 is 0 Å². The van der Waals surface area contributed by atoms with Crippen LogP contribution in [-0.4, -0.2) is 5.84 Å². The number of halogens is 2. The summed E-state index contributed by atoms with van der Waals surface area (Å²) in [4.78, 5) is 0. The number of amidine groups is 1. The Bertz CT molecular complexity index is 284. The van der Waals surface area contributed by atoms with E-state index < -0.39 is 5.82 Å². The molecule has 0 bridgehead atoms. The van der Waals surface area contributed by atoms with E-state index in [9.17, 15) is 8.92 Å². The van der Waals surface area contributed by atoms with E-state index in [1.54, 1.807) is 0 Å². The third-order valence-electron chi connectivity index (χ3n) is 1.27. The van der Waals surface area contributed by atoms with Gasteiger partial charge in [0.05, 0.1) is 0 Å². The van der Waals surface area contributed by atoms with Gasteiger partial charge in [-0.3, -0.25) is 0 Å². The summed E-state index contributed by atoms with van der Waals surface area (Å²) in [6.07, 6.45) is 0. The van der Waals surface area contributed by atoms with Gasteiger partial charge in [0, 0.05) is 10.1 Å². The second kappa shape index (κ2) is 3.66. The van der Waals surface area contributed by atoms with Gasteiger partial charge in [-0.1, -0.05) is 0 Å². The van der Waals surface area contributed by atoms with Crippen molar-refractivity contribution in [2.45, 2.75) is 0 Å². The molecular weight excluding hydrogens is 166 g/mol. The first-order valence-electron chi connectivity index (χ1n) is 3.11. The summed E-state index contributed by atoms with van der Waals surface area (Å²) in [6, 6.07) is 5.12. The lowest BCUT2D eigenvalue weighted by Gasteiger charge is -1.96. The summed E-state index contributed by atoms with van der Waals surface area (Å²) in [7, 11) is 0. The molecule has 0 aliphatic rings. The molecular formula is C7H6F2N2O. The number of rotatable bonds is 2. The molecule has 0 atom stereocenters. The van der Waals surface area contributed by atoms with Crippen molar-refractivity contribution in [3.8, 4) is 0 Å². The maximum Gasteiger partial charge on any atom is 0.174 e. The van der Waals surface area contributed by atoms with Crippen LogP contribution in [0.4, 0.5) is 8.92 Å². The molecule has 0 aliphatic heterocycles. The van der Waals surface area contributed by atoms with E-state index in [-0.39, 0.29) is 5.84 Å². The van der Waals surface area contributed by atoms with Gasteiger partial charge in [-0.15, -0.1) is 0 Å². The van der Waals surface area contributed by atoms with E-state index in [0.29, 0.717) is 5.56 Å². The van der Waals surface area contributed by atoms with Crippen molar-refractivity contribution in [2.75, 3.05) is 0 Å². The van der Waals surface area contributed by atoms with Crippen LogP contribution in [0.1, 0.15) is 5.56 Å². The highest BCUT2D eigenvalue weighted by atomic mass is 19.3. The van der Waals surface area contributed by atoms with E-state index in [1.165, 1.54) is 24.3 Å². The van der Waals surface area contributed by atoms with Crippen LogP contribution in [0.5, 0.6) is 0 Å². The van der Waals surface area contributed by atoms with Crippen LogP contribution < -0.4 is 5.73 Å². The molecule has 5 heteroatoms. The summed E-state index contributed by atoms with van der Waals surface area (Å²) in [5.41, 5.74) is 5.62. The van der Waals surface area contributed by atoms with Crippen LogP contribution in [0.2, 0.25) is 0 Å². The first kappa shape index (κ1) is 8.45. The van der Waals surface area contributed by atoms with Gasteiger partial charge in [0.2, 0.25) is 0 Å². The van der Waals surface area contributed by atoms with Crippen molar-refractivity contribution < 1.29 is 14.0 Å². The molecule has 12 heavy (non-hydrogen) atoms. The number of hydrogen-bond donors (Lipinski definition) is 1. The van der Waals surface area contributed by atoms with Gasteiger partial charge in [0.1, 0.15) is 5.82 Å². The minimum Gasteiger partial charge on any atom is -0.380 e. The molecule has 3 nitrogen and oxygen atoms in total. The lowest BCUT2D eigenvalue weighted by atomic mass is 10.2. The fourth-order valence-corrected chi connectivity index (χ4v) is 0.711. The summed E-state index contributed by atoms with van der Waals surface area (Å²) in [6.45, 7) is 0. The van der Waals surface area contributed by atoms with Crippen LogP contribution in [0.3, 0.4) is 0 Å². The van der Waals surface area contributed by atoms with Crippen molar-refractivity contribution in [3.05, 3.63) is 35.6 Å². The van der Waals surface area contributed by atoms with Crippen LogP contribution in [0, 0.1) is 5.82 Å². The molecule has 0 unspecified atom stereocenters. The Labute approximate surface area is 67.3 Å². The second-order valence-corrected chi connectivity index (χ2v) is 2.05. The lowest BCUT2D eigenvalue weighted by Crippen LogP contribution is -2.12. The van der Waals surface area contributed by atoms with Gasteiger partial charge in [-0.05, 0) is 29.4 Å². The number of oxime groups is 1. The zero-order chi connectivity index (χ0) is 8.97. The Balaban J connectivity index is 2.89. The summed E-state index contributed by atoms with van der Waals surface area (Å²) in [5, 5.41) is 5.79. The predicted octanol–water partition coefficient (Wildman–Crippen LogP) is 1.35. The first-order chi connectivity index (χ1) is 5.74. The Hall–Kier alpha value is -1.65. The molecule has 0 saturated heterocycles. The maximum atomic E-state index is 12.3. The number of benzene rings is 1.